The first-order chi connectivity index (χ1) is 6.72. The van der Waals surface area contributed by atoms with E-state index >= 15 is 0 Å². The Hall–Kier alpha value is -0.800. The van der Waals surface area contributed by atoms with Crippen LogP contribution >= 0.6 is 15.9 Å². The van der Waals surface area contributed by atoms with Crippen molar-refractivity contribution in [2.24, 2.45) is 5.73 Å². The monoisotopic (exact) mass is 252 g/mol. The molecule has 2 nitrogen and oxygen atoms in total. The first-order valence-electron chi connectivity index (χ1n) is 4.63. The Morgan fingerprint density at radius 1 is 1.64 bits per heavy atom. The molecule has 1 aliphatic heterocycles. The van der Waals surface area contributed by atoms with Crippen molar-refractivity contribution in [1.82, 2.24) is 0 Å². The summed E-state index contributed by atoms with van der Waals surface area (Å²) in [5, 5.41) is 0. The van der Waals surface area contributed by atoms with Gasteiger partial charge in [-0.15, -0.1) is 6.58 Å². The summed E-state index contributed by atoms with van der Waals surface area (Å²) in [6.07, 6.45) is 1.91. The standard InChI is InChI=1S/C11H13BrN2/c1-2-5-14-7-10(13)9-6-8(12)3-4-11(9)14/h2-4,6,10H,1,5,7,13H2/t10-/m0/s1. The maximum Gasteiger partial charge on any atom is 0.0494 e. The first kappa shape index (κ1) is 9.74. The summed E-state index contributed by atoms with van der Waals surface area (Å²) in [4.78, 5) is 2.25. The Bertz CT molecular complexity index is 362. The minimum absolute atomic E-state index is 0.127. The van der Waals surface area contributed by atoms with Crippen molar-refractivity contribution >= 4 is 21.6 Å². The van der Waals surface area contributed by atoms with Crippen molar-refractivity contribution < 1.29 is 0 Å². The van der Waals surface area contributed by atoms with Crippen LogP contribution in [0.15, 0.2) is 35.3 Å². The highest BCUT2D eigenvalue weighted by Crippen LogP contribution is 2.34. The molecule has 0 fully saturated rings. The van der Waals surface area contributed by atoms with Crippen molar-refractivity contribution in [2.75, 3.05) is 18.0 Å². The van der Waals surface area contributed by atoms with E-state index in [-0.39, 0.29) is 6.04 Å². The van der Waals surface area contributed by atoms with Gasteiger partial charge < -0.3 is 10.6 Å². The molecule has 0 saturated heterocycles. The van der Waals surface area contributed by atoms with E-state index in [4.69, 9.17) is 5.73 Å². The van der Waals surface area contributed by atoms with E-state index in [1.54, 1.807) is 0 Å². The Labute approximate surface area is 92.5 Å². The maximum absolute atomic E-state index is 6.04. The number of nitrogens with zero attached hydrogens (tertiary/aromatic N) is 1. The van der Waals surface area contributed by atoms with Gasteiger partial charge in [0, 0.05) is 29.3 Å². The predicted molar refractivity (Wildman–Crippen MR) is 63.5 cm³/mol. The van der Waals surface area contributed by atoms with Gasteiger partial charge >= 0.3 is 0 Å². The van der Waals surface area contributed by atoms with Crippen molar-refractivity contribution in [3.63, 3.8) is 0 Å². The normalized spacial score (nSPS) is 19.6. The quantitative estimate of drug-likeness (QED) is 0.820. The smallest absolute Gasteiger partial charge is 0.0494 e. The van der Waals surface area contributed by atoms with Gasteiger partial charge in [0.1, 0.15) is 0 Å². The van der Waals surface area contributed by atoms with E-state index in [0.29, 0.717) is 0 Å². The zero-order valence-electron chi connectivity index (χ0n) is 7.91. The number of hydrogen-bond donors (Lipinski definition) is 1. The largest absolute Gasteiger partial charge is 0.366 e. The molecule has 1 aromatic carbocycles. The number of hydrogen-bond acceptors (Lipinski definition) is 2. The van der Waals surface area contributed by atoms with Crippen molar-refractivity contribution in [2.45, 2.75) is 6.04 Å². The number of fused-ring (bicyclic) bond motifs is 1. The van der Waals surface area contributed by atoms with E-state index in [1.165, 1.54) is 11.3 Å². The summed E-state index contributed by atoms with van der Waals surface area (Å²) < 4.78 is 1.09. The summed E-state index contributed by atoms with van der Waals surface area (Å²) in [6, 6.07) is 6.38. The lowest BCUT2D eigenvalue weighted by atomic mass is 10.1. The van der Waals surface area contributed by atoms with Gasteiger partial charge in [0.25, 0.3) is 0 Å². The third kappa shape index (κ3) is 1.57. The molecule has 1 aromatic rings. The second kappa shape index (κ2) is 3.75. The van der Waals surface area contributed by atoms with Gasteiger partial charge in [0.05, 0.1) is 0 Å². The van der Waals surface area contributed by atoms with Gasteiger partial charge in [0.15, 0.2) is 0 Å². The molecule has 1 atom stereocenters. The van der Waals surface area contributed by atoms with Crippen LogP contribution < -0.4 is 10.6 Å². The van der Waals surface area contributed by atoms with Crippen LogP contribution in [0.25, 0.3) is 0 Å². The van der Waals surface area contributed by atoms with Crippen LogP contribution in [0, 0.1) is 0 Å². The fraction of sp³-hybridized carbons (Fsp3) is 0.273. The molecule has 1 aliphatic rings. The third-order valence-corrected chi connectivity index (χ3v) is 2.99. The SMILES string of the molecule is C=CCN1C[C@H](N)c2cc(Br)ccc21. The van der Waals surface area contributed by atoms with Crippen molar-refractivity contribution in [3.05, 3.63) is 40.9 Å². The molecule has 14 heavy (non-hydrogen) atoms. The summed E-state index contributed by atoms with van der Waals surface area (Å²) in [6.45, 7) is 5.50. The van der Waals surface area contributed by atoms with E-state index in [0.717, 1.165) is 17.6 Å². The minimum atomic E-state index is 0.127. The van der Waals surface area contributed by atoms with Crippen LogP contribution in [0.2, 0.25) is 0 Å². The molecule has 1 heterocycles. The van der Waals surface area contributed by atoms with E-state index < -0.39 is 0 Å². The molecule has 74 valence electrons. The molecule has 2 N–H and O–H groups in total. The summed E-state index contributed by atoms with van der Waals surface area (Å²) >= 11 is 3.46. The lowest BCUT2D eigenvalue weighted by Gasteiger charge is -2.16. The molecular weight excluding hydrogens is 240 g/mol. The fourth-order valence-electron chi connectivity index (χ4n) is 1.87. The van der Waals surface area contributed by atoms with E-state index in [1.807, 2.05) is 12.1 Å². The molecule has 3 heteroatoms. The third-order valence-electron chi connectivity index (χ3n) is 2.50. The van der Waals surface area contributed by atoms with Gasteiger partial charge in [-0.1, -0.05) is 22.0 Å². The number of nitrogens with two attached hydrogens (primary N) is 1. The maximum atomic E-state index is 6.04. The molecular formula is C11H13BrN2. The number of rotatable bonds is 2. The Kier molecular flexibility index (Phi) is 2.61. The van der Waals surface area contributed by atoms with Crippen molar-refractivity contribution in [1.29, 1.82) is 0 Å². The van der Waals surface area contributed by atoms with Gasteiger partial charge in [-0.2, -0.15) is 0 Å². The summed E-state index contributed by atoms with van der Waals surface area (Å²) in [5.74, 6) is 0. The molecule has 0 radical (unpaired) electrons. The summed E-state index contributed by atoms with van der Waals surface area (Å²) in [7, 11) is 0. The second-order valence-corrected chi connectivity index (χ2v) is 4.42. The zero-order chi connectivity index (χ0) is 10.1. The zero-order valence-corrected chi connectivity index (χ0v) is 9.50. The van der Waals surface area contributed by atoms with E-state index in [9.17, 15) is 0 Å². The van der Waals surface area contributed by atoms with Crippen LogP contribution in [0.1, 0.15) is 11.6 Å². The molecule has 0 bridgehead atoms. The minimum Gasteiger partial charge on any atom is -0.366 e. The van der Waals surface area contributed by atoms with Gasteiger partial charge in [0.2, 0.25) is 0 Å². The highest BCUT2D eigenvalue weighted by Gasteiger charge is 2.24. The van der Waals surface area contributed by atoms with Gasteiger partial charge in [-0.05, 0) is 23.8 Å². The lowest BCUT2D eigenvalue weighted by Crippen LogP contribution is -2.24. The van der Waals surface area contributed by atoms with Gasteiger partial charge in [-0.25, -0.2) is 0 Å². The molecule has 0 aliphatic carbocycles. The second-order valence-electron chi connectivity index (χ2n) is 3.50. The molecule has 0 spiro atoms. The van der Waals surface area contributed by atoms with Crippen LogP contribution in [-0.2, 0) is 0 Å². The Morgan fingerprint density at radius 3 is 3.14 bits per heavy atom. The first-order valence-corrected chi connectivity index (χ1v) is 5.42. The van der Waals surface area contributed by atoms with Crippen LogP contribution in [0.3, 0.4) is 0 Å². The number of benzene rings is 1. The lowest BCUT2D eigenvalue weighted by molar-refractivity contribution is 0.745. The average Bonchev–Trinajstić information content (AvgIpc) is 2.44. The van der Waals surface area contributed by atoms with Crippen molar-refractivity contribution in [3.8, 4) is 0 Å². The van der Waals surface area contributed by atoms with Crippen LogP contribution in [-0.4, -0.2) is 13.1 Å². The molecule has 0 unspecified atom stereocenters. The predicted octanol–water partition coefficient (Wildman–Crippen LogP) is 2.45. The number of anilines is 1. The highest BCUT2D eigenvalue weighted by molar-refractivity contribution is 9.10. The fourth-order valence-corrected chi connectivity index (χ4v) is 2.25. The summed E-state index contributed by atoms with van der Waals surface area (Å²) in [5.41, 5.74) is 8.50. The molecule has 2 rings (SSSR count). The van der Waals surface area contributed by atoms with Crippen LogP contribution in [0.4, 0.5) is 5.69 Å². The molecule has 0 amide bonds. The topological polar surface area (TPSA) is 29.3 Å². The molecule has 0 saturated carbocycles. The number of halogens is 1. The Morgan fingerprint density at radius 2 is 2.43 bits per heavy atom. The van der Waals surface area contributed by atoms with Gasteiger partial charge in [-0.3, -0.25) is 0 Å². The van der Waals surface area contributed by atoms with E-state index in [2.05, 4.69) is 39.5 Å². The Balaban J connectivity index is 2.39. The van der Waals surface area contributed by atoms with Crippen LogP contribution in [0.5, 0.6) is 0 Å². The average molecular weight is 253 g/mol. The molecule has 0 aromatic heterocycles. The highest BCUT2D eigenvalue weighted by atomic mass is 79.9.